The summed E-state index contributed by atoms with van der Waals surface area (Å²) in [5.74, 6) is -0.885. The summed E-state index contributed by atoms with van der Waals surface area (Å²) < 4.78 is 1.88. The van der Waals surface area contributed by atoms with Crippen molar-refractivity contribution in [1.29, 1.82) is 0 Å². The van der Waals surface area contributed by atoms with Crippen LogP contribution < -0.4 is 4.57 Å². The van der Waals surface area contributed by atoms with Gasteiger partial charge >= 0.3 is 5.97 Å². The first kappa shape index (κ1) is 10.7. The predicted molar refractivity (Wildman–Crippen MR) is 52.2 cm³/mol. The Morgan fingerprint density at radius 2 is 2.29 bits per heavy atom. The van der Waals surface area contributed by atoms with Gasteiger partial charge in [-0.3, -0.25) is 0 Å². The number of pyridine rings is 1. The van der Waals surface area contributed by atoms with E-state index in [9.17, 15) is 4.79 Å². The Kier molecular flexibility index (Phi) is 3.59. The van der Waals surface area contributed by atoms with E-state index < -0.39 is 5.97 Å². The predicted octanol–water partition coefficient (Wildman–Crippen LogP) is 0.234. The summed E-state index contributed by atoms with van der Waals surface area (Å²) in [7, 11) is 3.98. The Balaban J connectivity index is 2.69. The van der Waals surface area contributed by atoms with Gasteiger partial charge in [0.1, 0.15) is 5.56 Å². The molecule has 1 rings (SSSR count). The normalized spacial score (nSPS) is 10.5. The molecule has 1 aromatic rings. The van der Waals surface area contributed by atoms with Gasteiger partial charge in [-0.25, -0.2) is 9.36 Å². The second-order valence-electron chi connectivity index (χ2n) is 3.44. The highest BCUT2D eigenvalue weighted by Gasteiger charge is 2.08. The van der Waals surface area contributed by atoms with E-state index in [1.807, 2.05) is 24.9 Å². The van der Waals surface area contributed by atoms with Crippen molar-refractivity contribution in [2.24, 2.45) is 0 Å². The molecule has 0 fully saturated rings. The van der Waals surface area contributed by atoms with Crippen molar-refractivity contribution in [2.75, 3.05) is 20.6 Å². The van der Waals surface area contributed by atoms with Gasteiger partial charge in [-0.2, -0.15) is 0 Å². The van der Waals surface area contributed by atoms with Gasteiger partial charge in [-0.15, -0.1) is 0 Å². The van der Waals surface area contributed by atoms with Gasteiger partial charge in [0, 0.05) is 6.07 Å². The molecule has 0 aromatic carbocycles. The van der Waals surface area contributed by atoms with Crippen LogP contribution in [0.1, 0.15) is 10.4 Å². The maximum absolute atomic E-state index is 10.7. The molecule has 14 heavy (non-hydrogen) atoms. The number of carbonyl (C=O) groups is 1. The maximum atomic E-state index is 10.7. The fraction of sp³-hybridized carbons (Fsp3) is 0.400. The second-order valence-corrected chi connectivity index (χ2v) is 3.44. The zero-order valence-corrected chi connectivity index (χ0v) is 8.47. The molecule has 0 aliphatic heterocycles. The SMILES string of the molecule is CN(C)CC[n+]1cccc(C(=O)O)c1. The molecule has 0 atom stereocenters. The minimum atomic E-state index is -0.885. The van der Waals surface area contributed by atoms with Crippen LogP contribution in [0.5, 0.6) is 0 Å². The minimum absolute atomic E-state index is 0.325. The van der Waals surface area contributed by atoms with Crippen LogP contribution in [0, 0.1) is 0 Å². The van der Waals surface area contributed by atoms with Crippen LogP contribution in [0.2, 0.25) is 0 Å². The van der Waals surface area contributed by atoms with E-state index in [1.54, 1.807) is 18.3 Å². The van der Waals surface area contributed by atoms with Crippen molar-refractivity contribution in [1.82, 2.24) is 4.90 Å². The molecule has 0 unspecified atom stereocenters. The van der Waals surface area contributed by atoms with E-state index in [0.717, 1.165) is 13.1 Å². The van der Waals surface area contributed by atoms with E-state index in [2.05, 4.69) is 4.90 Å². The largest absolute Gasteiger partial charge is 0.477 e. The molecule has 0 bridgehead atoms. The van der Waals surface area contributed by atoms with Crippen LogP contribution in [0.25, 0.3) is 0 Å². The Bertz CT molecular complexity index is 324. The third-order valence-electron chi connectivity index (χ3n) is 1.91. The van der Waals surface area contributed by atoms with Crippen molar-refractivity contribution in [3.8, 4) is 0 Å². The summed E-state index contributed by atoms with van der Waals surface area (Å²) in [5.41, 5.74) is 0.325. The minimum Gasteiger partial charge on any atom is -0.477 e. The first-order chi connectivity index (χ1) is 6.59. The van der Waals surface area contributed by atoms with Crippen molar-refractivity contribution in [3.63, 3.8) is 0 Å². The quantitative estimate of drug-likeness (QED) is 0.700. The summed E-state index contributed by atoms with van der Waals surface area (Å²) >= 11 is 0. The van der Waals surface area contributed by atoms with Gasteiger partial charge < -0.3 is 10.0 Å². The van der Waals surface area contributed by atoms with Crippen molar-refractivity contribution < 1.29 is 14.5 Å². The number of hydrogen-bond donors (Lipinski definition) is 1. The molecule has 0 radical (unpaired) electrons. The molecular weight excluding hydrogens is 180 g/mol. The lowest BCUT2D eigenvalue weighted by molar-refractivity contribution is -0.696. The van der Waals surface area contributed by atoms with Crippen LogP contribution in [0.3, 0.4) is 0 Å². The number of nitrogens with zero attached hydrogens (tertiary/aromatic N) is 2. The topological polar surface area (TPSA) is 44.4 Å². The first-order valence-electron chi connectivity index (χ1n) is 4.47. The summed E-state index contributed by atoms with van der Waals surface area (Å²) in [6.07, 6.45) is 3.52. The molecule has 0 aliphatic carbocycles. The van der Waals surface area contributed by atoms with Gasteiger partial charge in [0.15, 0.2) is 18.9 Å². The third-order valence-corrected chi connectivity index (χ3v) is 1.91. The summed E-state index contributed by atoms with van der Waals surface area (Å²) in [5, 5.41) is 8.76. The lowest BCUT2D eigenvalue weighted by Gasteiger charge is -2.05. The van der Waals surface area contributed by atoms with Crippen molar-refractivity contribution >= 4 is 5.97 Å². The van der Waals surface area contributed by atoms with Crippen molar-refractivity contribution in [2.45, 2.75) is 6.54 Å². The Hall–Kier alpha value is -1.42. The highest BCUT2D eigenvalue weighted by molar-refractivity contribution is 5.86. The summed E-state index contributed by atoms with van der Waals surface area (Å²) in [6.45, 7) is 1.70. The zero-order chi connectivity index (χ0) is 10.6. The number of hydrogen-bond acceptors (Lipinski definition) is 2. The van der Waals surface area contributed by atoms with E-state index in [-0.39, 0.29) is 0 Å². The van der Waals surface area contributed by atoms with E-state index in [1.165, 1.54) is 0 Å². The molecule has 76 valence electrons. The number of likely N-dealkylation sites (N-methyl/N-ethyl adjacent to an activating group) is 1. The van der Waals surface area contributed by atoms with Crippen molar-refractivity contribution in [3.05, 3.63) is 30.1 Å². The molecule has 0 saturated carbocycles. The highest BCUT2D eigenvalue weighted by Crippen LogP contribution is 1.93. The Labute approximate surface area is 83.4 Å². The highest BCUT2D eigenvalue weighted by atomic mass is 16.4. The molecule has 1 N–H and O–H groups in total. The monoisotopic (exact) mass is 195 g/mol. The van der Waals surface area contributed by atoms with Crippen LogP contribution >= 0.6 is 0 Å². The number of aromatic nitrogens is 1. The number of aromatic carboxylic acids is 1. The molecule has 0 aliphatic rings. The lowest BCUT2D eigenvalue weighted by atomic mass is 10.3. The fourth-order valence-corrected chi connectivity index (χ4v) is 1.10. The zero-order valence-electron chi connectivity index (χ0n) is 8.47. The molecule has 1 aromatic heterocycles. The second kappa shape index (κ2) is 4.72. The molecule has 0 saturated heterocycles. The number of carboxylic acid groups (broad SMARTS) is 1. The number of carboxylic acids is 1. The molecule has 1 heterocycles. The maximum Gasteiger partial charge on any atom is 0.341 e. The van der Waals surface area contributed by atoms with Gasteiger partial charge in [-0.1, -0.05) is 0 Å². The van der Waals surface area contributed by atoms with Crippen LogP contribution in [0.15, 0.2) is 24.5 Å². The van der Waals surface area contributed by atoms with Gasteiger partial charge in [0.05, 0.1) is 6.54 Å². The smallest absolute Gasteiger partial charge is 0.341 e. The first-order valence-corrected chi connectivity index (χ1v) is 4.47. The Morgan fingerprint density at radius 1 is 1.57 bits per heavy atom. The lowest BCUT2D eigenvalue weighted by Crippen LogP contribution is -2.38. The van der Waals surface area contributed by atoms with Gasteiger partial charge in [0.2, 0.25) is 0 Å². The van der Waals surface area contributed by atoms with Crippen LogP contribution in [-0.2, 0) is 6.54 Å². The molecule has 0 amide bonds. The molecule has 0 spiro atoms. The fourth-order valence-electron chi connectivity index (χ4n) is 1.10. The third kappa shape index (κ3) is 3.14. The van der Waals surface area contributed by atoms with E-state index in [0.29, 0.717) is 5.56 Å². The number of rotatable bonds is 4. The summed E-state index contributed by atoms with van der Waals surface area (Å²) in [6, 6.07) is 3.34. The van der Waals surface area contributed by atoms with Crippen LogP contribution in [-0.4, -0.2) is 36.6 Å². The molecule has 4 heteroatoms. The Morgan fingerprint density at radius 3 is 2.86 bits per heavy atom. The summed E-state index contributed by atoms with van der Waals surface area (Å²) in [4.78, 5) is 12.7. The molecular formula is C10H15N2O2+. The van der Waals surface area contributed by atoms with Gasteiger partial charge in [0.25, 0.3) is 0 Å². The standard InChI is InChI=1S/C10H14N2O2/c1-11(2)6-7-12-5-3-4-9(8-12)10(13)14/h3-5,8H,6-7H2,1-2H3/p+1. The average Bonchev–Trinajstić information content (AvgIpc) is 2.15. The van der Waals surface area contributed by atoms with E-state index >= 15 is 0 Å². The van der Waals surface area contributed by atoms with Crippen LogP contribution in [0.4, 0.5) is 0 Å². The van der Waals surface area contributed by atoms with Gasteiger partial charge in [-0.05, 0) is 20.2 Å². The molecule has 4 nitrogen and oxygen atoms in total. The van der Waals surface area contributed by atoms with E-state index in [4.69, 9.17) is 5.11 Å². The average molecular weight is 195 g/mol.